The number of nitrogens with one attached hydrogen (secondary N) is 1. The van der Waals surface area contributed by atoms with E-state index in [1.165, 1.54) is 0 Å². The molecule has 1 nitrogen and oxygen atoms in total. The highest BCUT2D eigenvalue weighted by molar-refractivity contribution is 5.30. The molecule has 0 aliphatic heterocycles. The Hall–Kier alpha value is -1.26. The van der Waals surface area contributed by atoms with E-state index in [0.717, 1.165) is 18.7 Å². The lowest BCUT2D eigenvalue weighted by Gasteiger charge is -1.86. The molecule has 0 fully saturated rings. The van der Waals surface area contributed by atoms with Gasteiger partial charge >= 0.3 is 0 Å². The maximum Gasteiger partial charge on any atom is 0.0242 e. The molecule has 0 amide bonds. The lowest BCUT2D eigenvalue weighted by molar-refractivity contribution is 0.762. The summed E-state index contributed by atoms with van der Waals surface area (Å²) in [7, 11) is 0. The summed E-state index contributed by atoms with van der Waals surface area (Å²) in [6.45, 7) is 6.39. The highest BCUT2D eigenvalue weighted by Crippen LogP contribution is 1.92. The molecule has 0 saturated heterocycles. The Morgan fingerprint density at radius 2 is 1.69 bits per heavy atom. The van der Waals surface area contributed by atoms with Gasteiger partial charge in [0, 0.05) is 5.56 Å². The largest absolute Gasteiger partial charge is 0.317 e. The van der Waals surface area contributed by atoms with Crippen LogP contribution >= 0.6 is 0 Å². The molecule has 1 N–H and O–H groups in total. The number of hydrogen-bond acceptors (Lipinski definition) is 1. The van der Waals surface area contributed by atoms with E-state index in [1.807, 2.05) is 30.3 Å². The number of rotatable bonds is 2. The SMILES string of the molecule is C#Cc1ccccc1.CCNCC. The lowest BCUT2D eigenvalue weighted by atomic mass is 10.2. The molecule has 0 bridgehead atoms. The summed E-state index contributed by atoms with van der Waals surface area (Å²) in [5, 5.41) is 3.11. The third-order valence-corrected chi connectivity index (χ3v) is 1.44. The van der Waals surface area contributed by atoms with Crippen LogP contribution in [0.5, 0.6) is 0 Å². The van der Waals surface area contributed by atoms with Gasteiger partial charge in [-0.1, -0.05) is 38.0 Å². The summed E-state index contributed by atoms with van der Waals surface area (Å²) < 4.78 is 0. The summed E-state index contributed by atoms with van der Waals surface area (Å²) in [4.78, 5) is 0. The predicted octanol–water partition coefficient (Wildman–Crippen LogP) is 2.28. The highest BCUT2D eigenvalue weighted by Gasteiger charge is 1.76. The van der Waals surface area contributed by atoms with Crippen LogP contribution in [0.15, 0.2) is 30.3 Å². The van der Waals surface area contributed by atoms with Crippen molar-refractivity contribution in [1.82, 2.24) is 5.32 Å². The van der Waals surface area contributed by atoms with E-state index in [1.54, 1.807) is 0 Å². The van der Waals surface area contributed by atoms with E-state index in [0.29, 0.717) is 0 Å². The molecule has 0 aliphatic carbocycles. The minimum Gasteiger partial charge on any atom is -0.317 e. The normalized spacial score (nSPS) is 8.08. The van der Waals surface area contributed by atoms with Gasteiger partial charge in [-0.25, -0.2) is 0 Å². The molecule has 0 saturated carbocycles. The van der Waals surface area contributed by atoms with Crippen LogP contribution < -0.4 is 5.32 Å². The van der Waals surface area contributed by atoms with Crippen molar-refractivity contribution in [2.75, 3.05) is 13.1 Å². The first kappa shape index (κ1) is 11.7. The minimum atomic E-state index is 0.938. The first-order chi connectivity index (χ1) is 6.35. The molecule has 0 spiro atoms. The first-order valence-corrected chi connectivity index (χ1v) is 4.57. The van der Waals surface area contributed by atoms with Crippen molar-refractivity contribution in [3.8, 4) is 12.3 Å². The highest BCUT2D eigenvalue weighted by atomic mass is 14.8. The van der Waals surface area contributed by atoms with E-state index in [2.05, 4.69) is 25.1 Å². The smallest absolute Gasteiger partial charge is 0.0242 e. The molecule has 1 rings (SSSR count). The molecule has 0 radical (unpaired) electrons. The van der Waals surface area contributed by atoms with Gasteiger partial charge in [0.1, 0.15) is 0 Å². The van der Waals surface area contributed by atoms with Crippen LogP contribution in [0.2, 0.25) is 0 Å². The van der Waals surface area contributed by atoms with E-state index in [-0.39, 0.29) is 0 Å². The molecule has 0 aliphatic rings. The summed E-state index contributed by atoms with van der Waals surface area (Å²) >= 11 is 0. The van der Waals surface area contributed by atoms with Crippen LogP contribution in [-0.2, 0) is 0 Å². The molecule has 0 atom stereocenters. The average molecular weight is 175 g/mol. The number of benzene rings is 1. The van der Waals surface area contributed by atoms with Gasteiger partial charge in [0.15, 0.2) is 0 Å². The molecule has 0 aromatic heterocycles. The molecule has 1 aromatic rings. The topological polar surface area (TPSA) is 12.0 Å². The molecule has 70 valence electrons. The Morgan fingerprint density at radius 3 is 1.92 bits per heavy atom. The summed E-state index contributed by atoms with van der Waals surface area (Å²) in [6, 6.07) is 9.60. The lowest BCUT2D eigenvalue weighted by Crippen LogP contribution is -2.09. The van der Waals surface area contributed by atoms with E-state index < -0.39 is 0 Å². The molecular weight excluding hydrogens is 158 g/mol. The van der Waals surface area contributed by atoms with Crippen molar-refractivity contribution < 1.29 is 0 Å². The van der Waals surface area contributed by atoms with Crippen LogP contribution in [0.1, 0.15) is 19.4 Å². The van der Waals surface area contributed by atoms with Crippen molar-refractivity contribution in [3.05, 3.63) is 35.9 Å². The van der Waals surface area contributed by atoms with Crippen molar-refractivity contribution in [3.63, 3.8) is 0 Å². The van der Waals surface area contributed by atoms with Crippen LogP contribution in [0.4, 0.5) is 0 Å². The molecule has 0 unspecified atom stereocenters. The quantitative estimate of drug-likeness (QED) is 0.680. The number of terminal acetylenes is 1. The van der Waals surface area contributed by atoms with E-state index in [4.69, 9.17) is 6.42 Å². The van der Waals surface area contributed by atoms with Crippen LogP contribution in [0.25, 0.3) is 0 Å². The third-order valence-electron chi connectivity index (χ3n) is 1.44. The Balaban J connectivity index is 0.000000252. The summed E-state index contributed by atoms with van der Waals surface area (Å²) in [5.41, 5.74) is 0.938. The van der Waals surface area contributed by atoms with Crippen molar-refractivity contribution in [2.45, 2.75) is 13.8 Å². The molecule has 0 heterocycles. The van der Waals surface area contributed by atoms with Gasteiger partial charge in [0.2, 0.25) is 0 Å². The molecular formula is C12H17N. The van der Waals surface area contributed by atoms with Gasteiger partial charge in [0.05, 0.1) is 0 Å². The van der Waals surface area contributed by atoms with Gasteiger partial charge < -0.3 is 5.32 Å². The summed E-state index contributed by atoms with van der Waals surface area (Å²) in [5.74, 6) is 2.53. The zero-order chi connectivity index (χ0) is 9.94. The fourth-order valence-corrected chi connectivity index (χ4v) is 0.784. The molecule has 13 heavy (non-hydrogen) atoms. The van der Waals surface area contributed by atoms with E-state index in [9.17, 15) is 0 Å². The fraction of sp³-hybridized carbons (Fsp3) is 0.333. The van der Waals surface area contributed by atoms with Crippen molar-refractivity contribution >= 4 is 0 Å². The average Bonchev–Trinajstić information content (AvgIpc) is 2.21. The molecule has 1 aromatic carbocycles. The minimum absolute atomic E-state index is 0.938. The Morgan fingerprint density at radius 1 is 1.15 bits per heavy atom. The van der Waals surface area contributed by atoms with Crippen molar-refractivity contribution in [2.24, 2.45) is 0 Å². The second-order valence-electron chi connectivity index (χ2n) is 2.47. The molecule has 1 heteroatoms. The zero-order valence-electron chi connectivity index (χ0n) is 8.38. The van der Waals surface area contributed by atoms with Gasteiger partial charge in [-0.05, 0) is 25.2 Å². The maximum absolute atomic E-state index is 5.10. The van der Waals surface area contributed by atoms with Gasteiger partial charge in [0.25, 0.3) is 0 Å². The summed E-state index contributed by atoms with van der Waals surface area (Å²) in [6.07, 6.45) is 5.10. The maximum atomic E-state index is 5.10. The van der Waals surface area contributed by atoms with Gasteiger partial charge in [-0.2, -0.15) is 0 Å². The fourth-order valence-electron chi connectivity index (χ4n) is 0.784. The Kier molecular flexibility index (Phi) is 7.98. The first-order valence-electron chi connectivity index (χ1n) is 4.57. The number of hydrogen-bond donors (Lipinski definition) is 1. The van der Waals surface area contributed by atoms with Gasteiger partial charge in [-0.3, -0.25) is 0 Å². The van der Waals surface area contributed by atoms with Crippen LogP contribution in [0.3, 0.4) is 0 Å². The van der Waals surface area contributed by atoms with Crippen LogP contribution in [-0.4, -0.2) is 13.1 Å². The van der Waals surface area contributed by atoms with Crippen molar-refractivity contribution in [1.29, 1.82) is 0 Å². The van der Waals surface area contributed by atoms with Gasteiger partial charge in [-0.15, -0.1) is 6.42 Å². The second-order valence-corrected chi connectivity index (χ2v) is 2.47. The Labute approximate surface area is 81.2 Å². The zero-order valence-corrected chi connectivity index (χ0v) is 8.38. The third kappa shape index (κ3) is 7.11. The second kappa shape index (κ2) is 8.83. The standard InChI is InChI=1S/C8H6.C4H11N/c1-2-8-6-4-3-5-7-8;1-3-5-4-2/h1,3-7H;5H,3-4H2,1-2H3. The van der Waals surface area contributed by atoms with E-state index >= 15 is 0 Å². The Bertz CT molecular complexity index is 231. The predicted molar refractivity (Wildman–Crippen MR) is 58.6 cm³/mol. The monoisotopic (exact) mass is 175 g/mol. The van der Waals surface area contributed by atoms with Crippen LogP contribution in [0, 0.1) is 12.3 Å².